The molecule has 0 amide bonds. The molecule has 0 bridgehead atoms. The Bertz CT molecular complexity index is 1890. The highest BCUT2D eigenvalue weighted by Crippen LogP contribution is 2.27. The van der Waals surface area contributed by atoms with Crippen LogP contribution in [0.25, 0.3) is 0 Å². The summed E-state index contributed by atoms with van der Waals surface area (Å²) in [6, 6.07) is 0. The average molecular weight is 1610 g/mol. The normalized spacial score (nSPS) is 12.6. The van der Waals surface area contributed by atoms with Crippen LogP contribution in [-0.2, 0) is 57.2 Å². The first kappa shape index (κ1) is 111. The molecule has 0 aromatic rings. The standard InChI is InChI=1S/C102H194O12/c1-7-13-19-25-31-37-43-49-55-61-67-73-79-85-95(103)109-91-93(111-97(105)87-81-75-69-63-57-51-45-39-33-27-21-15-9-3)101(113-99(107)89-83-77-71-65-59-53-47-41-35-29-23-17-11-5)102(114-100(108)90-84-78-72-66-60-54-48-42-36-30-24-18-12-6)94(112-98(106)88-82-76-70-64-58-52-46-40-34-28-22-16-10-4)92-110-96(104)86-80-74-68-62-56-50-44-38-32-26-20-14-8-2/h93-94,101-102H,7-92H2,1-6H3/t93-,94+,101+,102-. The minimum absolute atomic E-state index is 0.0456. The molecule has 0 aliphatic heterocycles. The molecule has 0 aliphatic rings. The van der Waals surface area contributed by atoms with Crippen molar-refractivity contribution in [2.45, 2.75) is 605 Å². The molecule has 12 heteroatoms. The Morgan fingerprint density at radius 2 is 0.263 bits per heavy atom. The van der Waals surface area contributed by atoms with Crippen molar-refractivity contribution >= 4 is 35.8 Å². The first-order chi connectivity index (χ1) is 56.1. The maximum absolute atomic E-state index is 14.8. The van der Waals surface area contributed by atoms with Gasteiger partial charge in [0.25, 0.3) is 0 Å². The summed E-state index contributed by atoms with van der Waals surface area (Å²) < 4.78 is 38.5. The van der Waals surface area contributed by atoms with Crippen LogP contribution in [0.2, 0.25) is 0 Å². The third-order valence-corrected chi connectivity index (χ3v) is 23.9. The highest BCUT2D eigenvalue weighted by Gasteiger charge is 2.46. The minimum Gasteiger partial charge on any atom is -0.462 e. The van der Waals surface area contributed by atoms with Crippen LogP contribution >= 0.6 is 0 Å². The lowest BCUT2D eigenvalue weighted by Gasteiger charge is -2.36. The van der Waals surface area contributed by atoms with E-state index in [9.17, 15) is 28.8 Å². The third-order valence-electron chi connectivity index (χ3n) is 23.9. The Kier molecular flexibility index (Phi) is 89.5. The minimum atomic E-state index is -1.59. The summed E-state index contributed by atoms with van der Waals surface area (Å²) in [4.78, 5) is 86.9. The highest BCUT2D eigenvalue weighted by molar-refractivity contribution is 5.73. The average Bonchev–Trinajstić information content (AvgIpc) is 0.822. The Labute approximate surface area is 707 Å². The SMILES string of the molecule is CCCCCCCCCCCCCCCC(=O)OC[C@H](OC(=O)CCCCCCCCCCCCCCC)[C@@H](OC(=O)CCCCCCCCCCCCCCC)[C@@H](OC(=O)CCCCCCCCCCCCCCC)[C@@H](COC(=O)CCCCCCCCCCCCCCC)OC(=O)CCCCCCCCCCCCCCC. The van der Waals surface area contributed by atoms with E-state index in [4.69, 9.17) is 28.4 Å². The molecule has 0 rings (SSSR count). The number of ether oxygens (including phenoxy) is 6. The Hall–Kier alpha value is -3.18. The van der Waals surface area contributed by atoms with Gasteiger partial charge >= 0.3 is 35.8 Å². The van der Waals surface area contributed by atoms with Crippen LogP contribution in [0, 0.1) is 0 Å². The molecule has 0 saturated carbocycles. The number of hydrogen-bond acceptors (Lipinski definition) is 12. The number of rotatable bonds is 95. The van der Waals surface area contributed by atoms with Gasteiger partial charge in [-0.25, -0.2) is 0 Å². The van der Waals surface area contributed by atoms with E-state index in [2.05, 4.69) is 41.5 Å². The molecule has 0 saturated heterocycles. The number of carbonyl (C=O) groups excluding carboxylic acids is 6. The van der Waals surface area contributed by atoms with E-state index in [0.29, 0.717) is 38.5 Å². The fourth-order valence-corrected chi connectivity index (χ4v) is 16.2. The molecule has 0 heterocycles. The number of unbranched alkanes of at least 4 members (excludes halogenated alkanes) is 72. The molecule has 0 fully saturated rings. The zero-order valence-corrected chi connectivity index (χ0v) is 77.0. The summed E-state index contributed by atoms with van der Waals surface area (Å²) in [6.45, 7) is 12.6. The van der Waals surface area contributed by atoms with Gasteiger partial charge < -0.3 is 28.4 Å². The molecule has 4 atom stereocenters. The van der Waals surface area contributed by atoms with Crippen molar-refractivity contribution in [3.05, 3.63) is 0 Å². The first-order valence-corrected chi connectivity index (χ1v) is 51.2. The number of esters is 6. The second-order valence-electron chi connectivity index (χ2n) is 35.3. The van der Waals surface area contributed by atoms with Crippen molar-refractivity contribution in [1.29, 1.82) is 0 Å². The predicted molar refractivity (Wildman–Crippen MR) is 483 cm³/mol. The zero-order chi connectivity index (χ0) is 82.8. The van der Waals surface area contributed by atoms with Crippen molar-refractivity contribution < 1.29 is 57.2 Å². The van der Waals surface area contributed by atoms with E-state index in [1.165, 1.54) is 321 Å². The quantitative estimate of drug-likeness (QED) is 0.0323. The molecule has 0 aliphatic carbocycles. The molecule has 0 aromatic carbocycles. The monoisotopic (exact) mass is 1610 g/mol. The predicted octanol–water partition coefficient (Wildman–Crippen LogP) is 32.6. The smallest absolute Gasteiger partial charge is 0.306 e. The second kappa shape index (κ2) is 92.1. The van der Waals surface area contributed by atoms with Gasteiger partial charge in [0.15, 0.2) is 24.4 Å². The molecule has 0 N–H and O–H groups in total. The van der Waals surface area contributed by atoms with E-state index in [1.807, 2.05) is 0 Å². The Balaban J connectivity index is 7.41. The van der Waals surface area contributed by atoms with Gasteiger partial charge in [-0.05, 0) is 38.5 Å². The highest BCUT2D eigenvalue weighted by atomic mass is 16.6. The molecule has 12 nitrogen and oxygen atoms in total. The van der Waals surface area contributed by atoms with E-state index in [0.717, 1.165) is 141 Å². The van der Waals surface area contributed by atoms with Gasteiger partial charge in [0.05, 0.1) is 0 Å². The van der Waals surface area contributed by atoms with Crippen molar-refractivity contribution in [2.24, 2.45) is 0 Å². The van der Waals surface area contributed by atoms with Crippen molar-refractivity contribution in [1.82, 2.24) is 0 Å². The first-order valence-electron chi connectivity index (χ1n) is 51.2. The van der Waals surface area contributed by atoms with Crippen LogP contribution in [0.3, 0.4) is 0 Å². The fourth-order valence-electron chi connectivity index (χ4n) is 16.2. The summed E-state index contributed by atoms with van der Waals surface area (Å²) in [5, 5.41) is 0. The van der Waals surface area contributed by atoms with Crippen molar-refractivity contribution in [2.75, 3.05) is 13.2 Å². The van der Waals surface area contributed by atoms with Gasteiger partial charge in [0.1, 0.15) is 13.2 Å². The summed E-state index contributed by atoms with van der Waals surface area (Å²) in [5.74, 6) is -3.21. The summed E-state index contributed by atoms with van der Waals surface area (Å²) >= 11 is 0. The van der Waals surface area contributed by atoms with Crippen LogP contribution in [0.1, 0.15) is 581 Å². The Morgan fingerprint density at radius 1 is 0.149 bits per heavy atom. The zero-order valence-electron chi connectivity index (χ0n) is 77.0. The third kappa shape index (κ3) is 81.2. The topological polar surface area (TPSA) is 158 Å². The van der Waals surface area contributed by atoms with E-state index < -0.39 is 73.4 Å². The van der Waals surface area contributed by atoms with Crippen LogP contribution in [-0.4, -0.2) is 73.4 Å². The van der Waals surface area contributed by atoms with Crippen LogP contribution in [0.4, 0.5) is 0 Å². The molecule has 114 heavy (non-hydrogen) atoms. The van der Waals surface area contributed by atoms with Gasteiger partial charge in [0.2, 0.25) is 0 Å². The van der Waals surface area contributed by atoms with Crippen molar-refractivity contribution in [3.63, 3.8) is 0 Å². The summed E-state index contributed by atoms with van der Waals surface area (Å²) in [5.41, 5.74) is 0. The summed E-state index contributed by atoms with van der Waals surface area (Å²) in [7, 11) is 0. The lowest BCUT2D eigenvalue weighted by molar-refractivity contribution is -0.209. The number of carbonyl (C=O) groups is 6. The molecule has 0 spiro atoms. The largest absolute Gasteiger partial charge is 0.462 e. The van der Waals surface area contributed by atoms with Gasteiger partial charge in [0, 0.05) is 38.5 Å². The van der Waals surface area contributed by atoms with Crippen LogP contribution in [0.15, 0.2) is 0 Å². The molecule has 0 radical (unpaired) electrons. The van der Waals surface area contributed by atoms with Gasteiger partial charge in [-0.2, -0.15) is 0 Å². The maximum atomic E-state index is 14.8. The molecule has 0 aromatic heterocycles. The summed E-state index contributed by atoms with van der Waals surface area (Å²) in [6.07, 6.45) is 84.5. The van der Waals surface area contributed by atoms with E-state index in [-0.39, 0.29) is 38.5 Å². The van der Waals surface area contributed by atoms with Crippen molar-refractivity contribution in [3.8, 4) is 0 Å². The Morgan fingerprint density at radius 3 is 0.404 bits per heavy atom. The molecular weight excluding hydrogens is 1420 g/mol. The maximum Gasteiger partial charge on any atom is 0.306 e. The van der Waals surface area contributed by atoms with Gasteiger partial charge in [-0.15, -0.1) is 0 Å². The molecule has 0 unspecified atom stereocenters. The van der Waals surface area contributed by atoms with E-state index >= 15 is 0 Å². The number of hydrogen-bond donors (Lipinski definition) is 0. The van der Waals surface area contributed by atoms with Gasteiger partial charge in [-0.3, -0.25) is 28.8 Å². The lowest BCUT2D eigenvalue weighted by Crippen LogP contribution is -2.54. The van der Waals surface area contributed by atoms with Crippen LogP contribution < -0.4 is 0 Å². The second-order valence-corrected chi connectivity index (χ2v) is 35.3. The lowest BCUT2D eigenvalue weighted by atomic mass is 10.0. The fraction of sp³-hybridized carbons (Fsp3) is 0.941. The van der Waals surface area contributed by atoms with Crippen LogP contribution in [0.5, 0.6) is 0 Å². The van der Waals surface area contributed by atoms with E-state index in [1.54, 1.807) is 0 Å². The molecule has 674 valence electrons. The molecular formula is C102H194O12. The van der Waals surface area contributed by atoms with Gasteiger partial charge in [-0.1, -0.05) is 504 Å².